The number of nitrogens with one attached hydrogen (secondary N) is 1. The second-order valence-electron chi connectivity index (χ2n) is 18.0. The number of carbonyl (C=O) groups is 1. The van der Waals surface area contributed by atoms with E-state index in [2.05, 4.69) is 43.5 Å². The highest BCUT2D eigenvalue weighted by molar-refractivity contribution is 5.76. The molecule has 0 aromatic heterocycles. The number of carbonyl (C=O) groups excluding carboxylic acids is 1. The van der Waals surface area contributed by atoms with Crippen molar-refractivity contribution in [2.24, 2.45) is 0 Å². The zero-order chi connectivity index (χ0) is 44.4. The molecule has 1 heterocycles. The van der Waals surface area contributed by atoms with Crippen molar-refractivity contribution in [3.8, 4) is 0 Å². The maximum atomic E-state index is 13.0. The van der Waals surface area contributed by atoms with Crippen LogP contribution in [0, 0.1) is 0 Å². The lowest BCUT2D eigenvalue weighted by atomic mass is 9.99. The summed E-state index contributed by atoms with van der Waals surface area (Å²) in [6.45, 7) is 3.77. The molecule has 61 heavy (non-hydrogen) atoms. The van der Waals surface area contributed by atoms with E-state index in [1.54, 1.807) is 6.08 Å². The fourth-order valence-electron chi connectivity index (χ4n) is 8.05. The van der Waals surface area contributed by atoms with Crippen molar-refractivity contribution in [1.82, 2.24) is 5.32 Å². The van der Waals surface area contributed by atoms with Gasteiger partial charge in [0.05, 0.1) is 25.4 Å². The molecule has 1 rings (SSSR count). The topological polar surface area (TPSA) is 149 Å². The molecule has 7 atom stereocenters. The lowest BCUT2D eigenvalue weighted by molar-refractivity contribution is -0.302. The van der Waals surface area contributed by atoms with Gasteiger partial charge in [-0.15, -0.1) is 0 Å². The van der Waals surface area contributed by atoms with Crippen molar-refractivity contribution in [3.05, 3.63) is 36.5 Å². The maximum absolute atomic E-state index is 13.0. The Kier molecular flexibility index (Phi) is 39.9. The van der Waals surface area contributed by atoms with Crippen LogP contribution >= 0.6 is 0 Å². The van der Waals surface area contributed by atoms with Gasteiger partial charge < -0.3 is 40.3 Å². The molecule has 9 heteroatoms. The number of ether oxygens (including phenoxy) is 2. The number of amides is 1. The van der Waals surface area contributed by atoms with Crippen LogP contribution in [0.2, 0.25) is 0 Å². The summed E-state index contributed by atoms with van der Waals surface area (Å²) >= 11 is 0. The second kappa shape index (κ2) is 42.4. The van der Waals surface area contributed by atoms with E-state index in [0.29, 0.717) is 6.42 Å². The molecule has 6 N–H and O–H groups in total. The first kappa shape index (κ1) is 57.4. The zero-order valence-corrected chi connectivity index (χ0v) is 39.4. The highest BCUT2D eigenvalue weighted by Crippen LogP contribution is 2.23. The third kappa shape index (κ3) is 32.7. The molecule has 0 aromatic rings. The summed E-state index contributed by atoms with van der Waals surface area (Å²) in [4.78, 5) is 13.0. The van der Waals surface area contributed by atoms with Crippen LogP contribution in [0.3, 0.4) is 0 Å². The van der Waals surface area contributed by atoms with Crippen LogP contribution in [-0.2, 0) is 14.3 Å². The zero-order valence-electron chi connectivity index (χ0n) is 39.4. The van der Waals surface area contributed by atoms with Crippen LogP contribution in [0.5, 0.6) is 0 Å². The SMILES string of the molecule is CCCCCCCCCC/C=C\CCCCCCCCCCCC(=O)NC(COC1OC(CO)C(O)C(O)C1O)C(O)/C=C/CC/C=C/CCCCCCCCCCCCC. The molecule has 1 amide bonds. The summed E-state index contributed by atoms with van der Waals surface area (Å²) in [6.07, 6.45) is 46.2. The molecule has 0 aliphatic carbocycles. The normalized spacial score (nSPS) is 20.7. The summed E-state index contributed by atoms with van der Waals surface area (Å²) in [5.74, 6) is -0.188. The molecule has 1 aliphatic rings. The van der Waals surface area contributed by atoms with E-state index >= 15 is 0 Å². The third-order valence-electron chi connectivity index (χ3n) is 12.2. The highest BCUT2D eigenvalue weighted by Gasteiger charge is 2.44. The summed E-state index contributed by atoms with van der Waals surface area (Å²) in [7, 11) is 0. The fourth-order valence-corrected chi connectivity index (χ4v) is 8.05. The molecule has 0 radical (unpaired) electrons. The number of aliphatic hydroxyl groups is 5. The Labute approximate surface area is 374 Å². The standard InChI is InChI=1S/C52H97NO8/c1-3-5-7-9-11-13-15-17-19-21-22-23-24-26-28-30-32-34-36-38-40-42-48(56)53-45(44-60-52-51(59)50(58)49(57)47(43-54)61-52)46(55)41-39-37-35-33-31-29-27-25-20-18-16-14-12-10-8-6-4-2/h21-22,31,33,39,41,45-47,49-52,54-55,57-59H,3-20,23-30,32,34-38,40,42-44H2,1-2H3,(H,53,56)/b22-21-,33-31+,41-39+. The summed E-state index contributed by atoms with van der Waals surface area (Å²) < 4.78 is 11.2. The quantitative estimate of drug-likeness (QED) is 0.0262. The van der Waals surface area contributed by atoms with Crippen molar-refractivity contribution in [2.75, 3.05) is 13.2 Å². The molecule has 7 unspecified atom stereocenters. The van der Waals surface area contributed by atoms with Gasteiger partial charge in [-0.25, -0.2) is 0 Å². The van der Waals surface area contributed by atoms with Crippen LogP contribution in [-0.4, -0.2) is 87.5 Å². The molecule has 0 bridgehead atoms. The van der Waals surface area contributed by atoms with Gasteiger partial charge in [-0.2, -0.15) is 0 Å². The maximum Gasteiger partial charge on any atom is 0.220 e. The van der Waals surface area contributed by atoms with Crippen molar-refractivity contribution in [3.63, 3.8) is 0 Å². The van der Waals surface area contributed by atoms with Crippen molar-refractivity contribution in [2.45, 2.75) is 275 Å². The largest absolute Gasteiger partial charge is 0.394 e. The number of hydrogen-bond donors (Lipinski definition) is 6. The van der Waals surface area contributed by atoms with E-state index in [4.69, 9.17) is 9.47 Å². The number of rotatable bonds is 43. The van der Waals surface area contributed by atoms with Gasteiger partial charge in [0.2, 0.25) is 5.91 Å². The third-order valence-corrected chi connectivity index (χ3v) is 12.2. The molecule has 9 nitrogen and oxygen atoms in total. The van der Waals surface area contributed by atoms with Crippen LogP contribution in [0.1, 0.15) is 232 Å². The van der Waals surface area contributed by atoms with Crippen LogP contribution in [0.15, 0.2) is 36.5 Å². The van der Waals surface area contributed by atoms with E-state index in [1.807, 2.05) is 6.08 Å². The summed E-state index contributed by atoms with van der Waals surface area (Å²) in [5.41, 5.74) is 0. The molecular formula is C52H97NO8. The molecule has 358 valence electrons. The molecule has 1 saturated heterocycles. The molecule has 0 aromatic carbocycles. The van der Waals surface area contributed by atoms with Crippen LogP contribution in [0.4, 0.5) is 0 Å². The average Bonchev–Trinajstić information content (AvgIpc) is 3.26. The molecule has 1 aliphatic heterocycles. The van der Waals surface area contributed by atoms with Gasteiger partial charge >= 0.3 is 0 Å². The van der Waals surface area contributed by atoms with Gasteiger partial charge in [0.15, 0.2) is 6.29 Å². The Balaban J connectivity index is 2.31. The van der Waals surface area contributed by atoms with Gasteiger partial charge in [-0.05, 0) is 57.8 Å². The minimum Gasteiger partial charge on any atom is -0.394 e. The van der Waals surface area contributed by atoms with Crippen molar-refractivity contribution in [1.29, 1.82) is 0 Å². The Morgan fingerprint density at radius 1 is 0.541 bits per heavy atom. The van der Waals surface area contributed by atoms with E-state index in [-0.39, 0.29) is 12.5 Å². The lowest BCUT2D eigenvalue weighted by Gasteiger charge is -2.40. The highest BCUT2D eigenvalue weighted by atomic mass is 16.7. The molecule has 0 saturated carbocycles. The smallest absolute Gasteiger partial charge is 0.220 e. The first-order valence-electron chi connectivity index (χ1n) is 25.7. The molecule has 1 fully saturated rings. The fraction of sp³-hybridized carbons (Fsp3) is 0.865. The van der Waals surface area contributed by atoms with Gasteiger partial charge in [0.25, 0.3) is 0 Å². The molecule has 0 spiro atoms. The Hall–Kier alpha value is -1.59. The van der Waals surface area contributed by atoms with Crippen LogP contribution in [0.25, 0.3) is 0 Å². The van der Waals surface area contributed by atoms with E-state index in [9.17, 15) is 30.3 Å². The predicted octanol–water partition coefficient (Wildman–Crippen LogP) is 11.6. The predicted molar refractivity (Wildman–Crippen MR) is 253 cm³/mol. The lowest BCUT2D eigenvalue weighted by Crippen LogP contribution is -2.60. The number of hydrogen-bond acceptors (Lipinski definition) is 8. The van der Waals surface area contributed by atoms with Gasteiger partial charge in [-0.3, -0.25) is 4.79 Å². The number of allylic oxidation sites excluding steroid dienone is 5. The first-order valence-corrected chi connectivity index (χ1v) is 25.7. The second-order valence-corrected chi connectivity index (χ2v) is 18.0. The minimum atomic E-state index is -1.57. The monoisotopic (exact) mass is 864 g/mol. The average molecular weight is 864 g/mol. The Morgan fingerprint density at radius 2 is 0.934 bits per heavy atom. The van der Waals surface area contributed by atoms with Gasteiger partial charge in [0, 0.05) is 6.42 Å². The molecular weight excluding hydrogens is 767 g/mol. The Morgan fingerprint density at radius 3 is 1.38 bits per heavy atom. The number of aliphatic hydroxyl groups excluding tert-OH is 5. The first-order chi connectivity index (χ1) is 29.8. The van der Waals surface area contributed by atoms with Crippen molar-refractivity contribution < 1.29 is 39.8 Å². The number of unbranched alkanes of at least 4 members (excludes halogenated alkanes) is 29. The minimum absolute atomic E-state index is 0.188. The van der Waals surface area contributed by atoms with Crippen molar-refractivity contribution >= 4 is 5.91 Å². The van der Waals surface area contributed by atoms with E-state index in [0.717, 1.165) is 38.5 Å². The van der Waals surface area contributed by atoms with E-state index < -0.39 is 49.5 Å². The summed E-state index contributed by atoms with van der Waals surface area (Å²) in [5, 5.41) is 54.3. The van der Waals surface area contributed by atoms with Gasteiger partial charge in [-0.1, -0.05) is 204 Å². The van der Waals surface area contributed by atoms with E-state index in [1.165, 1.54) is 173 Å². The Bertz CT molecular complexity index is 1050. The van der Waals surface area contributed by atoms with Crippen LogP contribution < -0.4 is 5.32 Å². The summed E-state index contributed by atoms with van der Waals surface area (Å²) in [6, 6.07) is -0.821. The van der Waals surface area contributed by atoms with Gasteiger partial charge in [0.1, 0.15) is 24.4 Å².